The van der Waals surface area contributed by atoms with Crippen molar-refractivity contribution in [2.24, 2.45) is 0 Å². The van der Waals surface area contributed by atoms with Gasteiger partial charge in [-0.3, -0.25) is 0 Å². The predicted molar refractivity (Wildman–Crippen MR) is 80.2 cm³/mol. The molecular formula is C15H13FIN. The molecule has 0 fully saturated rings. The maximum absolute atomic E-state index is 13.6. The lowest BCUT2D eigenvalue weighted by atomic mass is 10.1. The van der Waals surface area contributed by atoms with E-state index in [1.807, 2.05) is 6.07 Å². The number of nitrogens with one attached hydrogen (secondary N) is 1. The summed E-state index contributed by atoms with van der Waals surface area (Å²) in [4.78, 5) is 0. The quantitative estimate of drug-likeness (QED) is 0.783. The van der Waals surface area contributed by atoms with Crippen LogP contribution in [0.3, 0.4) is 0 Å². The van der Waals surface area contributed by atoms with Crippen molar-refractivity contribution in [1.29, 1.82) is 0 Å². The fourth-order valence-electron chi connectivity index (χ4n) is 2.51. The van der Waals surface area contributed by atoms with E-state index in [9.17, 15) is 4.39 Å². The van der Waals surface area contributed by atoms with Crippen LogP contribution in [0, 0.1) is 9.39 Å². The monoisotopic (exact) mass is 353 g/mol. The number of hydrogen-bond acceptors (Lipinski definition) is 1. The van der Waals surface area contributed by atoms with Gasteiger partial charge >= 0.3 is 0 Å². The summed E-state index contributed by atoms with van der Waals surface area (Å²) in [6, 6.07) is 13.9. The number of rotatable bonds is 2. The normalized spacial score (nSPS) is 17.6. The van der Waals surface area contributed by atoms with E-state index in [1.165, 1.54) is 3.57 Å². The molecule has 0 saturated carbocycles. The van der Waals surface area contributed by atoms with Crippen LogP contribution in [-0.2, 0) is 6.42 Å². The lowest BCUT2D eigenvalue weighted by molar-refractivity contribution is 0.612. The number of fused-ring (bicyclic) bond motifs is 1. The summed E-state index contributed by atoms with van der Waals surface area (Å²) < 4.78 is 14.8. The molecule has 0 saturated heterocycles. The van der Waals surface area contributed by atoms with Gasteiger partial charge in [0.2, 0.25) is 0 Å². The smallest absolute Gasteiger partial charge is 0.126 e. The van der Waals surface area contributed by atoms with Gasteiger partial charge in [-0.1, -0.05) is 12.1 Å². The summed E-state index contributed by atoms with van der Waals surface area (Å²) in [5, 5.41) is 3.48. The van der Waals surface area contributed by atoms with Crippen molar-refractivity contribution in [2.45, 2.75) is 18.9 Å². The zero-order chi connectivity index (χ0) is 12.5. The van der Waals surface area contributed by atoms with Gasteiger partial charge in [0.1, 0.15) is 5.82 Å². The van der Waals surface area contributed by atoms with Crippen LogP contribution in [0.4, 0.5) is 10.1 Å². The van der Waals surface area contributed by atoms with Crippen LogP contribution in [0.15, 0.2) is 42.5 Å². The molecule has 3 heteroatoms. The van der Waals surface area contributed by atoms with Crippen LogP contribution in [0.2, 0.25) is 0 Å². The number of hydrogen-bond donors (Lipinski definition) is 1. The molecule has 1 aliphatic rings. The lowest BCUT2D eigenvalue weighted by Crippen LogP contribution is -2.07. The van der Waals surface area contributed by atoms with E-state index in [2.05, 4.69) is 52.2 Å². The van der Waals surface area contributed by atoms with Gasteiger partial charge in [0, 0.05) is 9.26 Å². The number of benzene rings is 2. The predicted octanol–water partition coefficient (Wildman–Crippen LogP) is 4.53. The van der Waals surface area contributed by atoms with Crippen molar-refractivity contribution in [2.75, 3.05) is 5.32 Å². The molecule has 18 heavy (non-hydrogen) atoms. The minimum atomic E-state index is -0.0700. The van der Waals surface area contributed by atoms with Crippen molar-refractivity contribution in [3.05, 3.63) is 63.0 Å². The summed E-state index contributed by atoms with van der Waals surface area (Å²) in [5.74, 6) is -0.0700. The second-order valence-electron chi connectivity index (χ2n) is 4.55. The first kappa shape index (κ1) is 12.0. The molecule has 1 unspecified atom stereocenters. The minimum absolute atomic E-state index is 0.0700. The topological polar surface area (TPSA) is 12.0 Å². The summed E-state index contributed by atoms with van der Waals surface area (Å²) in [7, 11) is 0. The molecule has 0 heterocycles. The highest BCUT2D eigenvalue weighted by molar-refractivity contribution is 14.1. The Bertz CT molecular complexity index is 565. The van der Waals surface area contributed by atoms with E-state index in [4.69, 9.17) is 0 Å². The summed E-state index contributed by atoms with van der Waals surface area (Å²) in [6.07, 6.45) is 1.78. The Labute approximate surface area is 120 Å². The molecule has 1 N–H and O–H groups in total. The first-order valence-electron chi connectivity index (χ1n) is 6.03. The van der Waals surface area contributed by atoms with Crippen LogP contribution >= 0.6 is 22.6 Å². The Hall–Kier alpha value is -1.10. The van der Waals surface area contributed by atoms with Crippen molar-refractivity contribution < 1.29 is 4.39 Å². The SMILES string of the molecule is Fc1cccc2c1CCC2Nc1ccc(I)cc1. The third-order valence-electron chi connectivity index (χ3n) is 3.40. The van der Waals surface area contributed by atoms with Gasteiger partial charge in [-0.25, -0.2) is 4.39 Å². The molecule has 0 aliphatic heterocycles. The molecule has 1 atom stereocenters. The highest BCUT2D eigenvalue weighted by Gasteiger charge is 2.24. The maximum Gasteiger partial charge on any atom is 0.126 e. The van der Waals surface area contributed by atoms with Crippen molar-refractivity contribution in [3.8, 4) is 0 Å². The van der Waals surface area contributed by atoms with Crippen molar-refractivity contribution in [3.63, 3.8) is 0 Å². The molecule has 1 nitrogen and oxygen atoms in total. The molecule has 2 aromatic rings. The van der Waals surface area contributed by atoms with E-state index in [0.29, 0.717) is 0 Å². The molecule has 0 amide bonds. The highest BCUT2D eigenvalue weighted by atomic mass is 127. The molecular weight excluding hydrogens is 340 g/mol. The fraction of sp³-hybridized carbons (Fsp3) is 0.200. The van der Waals surface area contributed by atoms with Crippen LogP contribution in [0.25, 0.3) is 0 Å². The van der Waals surface area contributed by atoms with Gasteiger partial charge in [-0.05, 0) is 76.9 Å². The Morgan fingerprint density at radius 1 is 1.11 bits per heavy atom. The van der Waals surface area contributed by atoms with Crippen LogP contribution < -0.4 is 5.32 Å². The van der Waals surface area contributed by atoms with E-state index in [-0.39, 0.29) is 11.9 Å². The average Bonchev–Trinajstić information content (AvgIpc) is 2.77. The first-order valence-corrected chi connectivity index (χ1v) is 7.11. The third kappa shape index (κ3) is 2.23. The number of halogens is 2. The average molecular weight is 353 g/mol. The van der Waals surface area contributed by atoms with Gasteiger partial charge in [-0.15, -0.1) is 0 Å². The third-order valence-corrected chi connectivity index (χ3v) is 4.12. The second-order valence-corrected chi connectivity index (χ2v) is 5.80. The zero-order valence-corrected chi connectivity index (χ0v) is 11.9. The van der Waals surface area contributed by atoms with Crippen LogP contribution in [0.5, 0.6) is 0 Å². The Kier molecular flexibility index (Phi) is 3.24. The van der Waals surface area contributed by atoms with E-state index < -0.39 is 0 Å². The molecule has 0 bridgehead atoms. The second kappa shape index (κ2) is 4.88. The molecule has 1 aliphatic carbocycles. The van der Waals surface area contributed by atoms with Gasteiger partial charge in [-0.2, -0.15) is 0 Å². The van der Waals surface area contributed by atoms with E-state index >= 15 is 0 Å². The summed E-state index contributed by atoms with van der Waals surface area (Å²) in [6.45, 7) is 0. The zero-order valence-electron chi connectivity index (χ0n) is 9.79. The van der Waals surface area contributed by atoms with Crippen LogP contribution in [0.1, 0.15) is 23.6 Å². The Morgan fingerprint density at radius 3 is 2.67 bits per heavy atom. The molecule has 0 spiro atoms. The lowest BCUT2D eigenvalue weighted by Gasteiger charge is -2.15. The fourth-order valence-corrected chi connectivity index (χ4v) is 2.87. The highest BCUT2D eigenvalue weighted by Crippen LogP contribution is 2.35. The Morgan fingerprint density at radius 2 is 1.89 bits per heavy atom. The molecule has 2 aromatic carbocycles. The summed E-state index contributed by atoms with van der Waals surface area (Å²) >= 11 is 2.29. The van der Waals surface area contributed by atoms with Gasteiger partial charge in [0.25, 0.3) is 0 Å². The Balaban J connectivity index is 1.85. The standard InChI is InChI=1S/C15H13FIN/c16-14-3-1-2-13-12(14)8-9-15(13)18-11-6-4-10(17)5-7-11/h1-7,15,18H,8-9H2. The number of anilines is 1. The van der Waals surface area contributed by atoms with Gasteiger partial charge < -0.3 is 5.32 Å². The van der Waals surface area contributed by atoms with Crippen LogP contribution in [-0.4, -0.2) is 0 Å². The largest absolute Gasteiger partial charge is 0.378 e. The maximum atomic E-state index is 13.6. The molecule has 92 valence electrons. The first-order chi connectivity index (χ1) is 8.74. The molecule has 0 aromatic heterocycles. The summed E-state index contributed by atoms with van der Waals surface area (Å²) in [5.41, 5.74) is 3.08. The van der Waals surface area contributed by atoms with Crippen molar-refractivity contribution >= 4 is 28.3 Å². The van der Waals surface area contributed by atoms with Gasteiger partial charge in [0.05, 0.1) is 6.04 Å². The molecule has 0 radical (unpaired) electrons. The molecule has 3 rings (SSSR count). The van der Waals surface area contributed by atoms with E-state index in [1.54, 1.807) is 12.1 Å². The minimum Gasteiger partial charge on any atom is -0.378 e. The van der Waals surface area contributed by atoms with Crippen molar-refractivity contribution in [1.82, 2.24) is 0 Å². The van der Waals surface area contributed by atoms with Gasteiger partial charge in [0.15, 0.2) is 0 Å². The van der Waals surface area contributed by atoms with E-state index in [0.717, 1.165) is 29.7 Å².